The minimum atomic E-state index is -3.63. The quantitative estimate of drug-likeness (QED) is 0.824. The molecule has 104 valence electrons. The number of nitrogen functional groups attached to an aromatic ring is 1. The number of aromatic nitrogens is 2. The smallest absolute Gasteiger partial charge is 0.340 e. The molecule has 2 rings (SSSR count). The zero-order chi connectivity index (χ0) is 14.2. The van der Waals surface area contributed by atoms with Crippen molar-refractivity contribution in [2.75, 3.05) is 11.5 Å². The molecule has 0 aliphatic rings. The van der Waals surface area contributed by atoms with Crippen LogP contribution < -0.4 is 11.4 Å². The minimum Gasteiger partial charge on any atom is -0.398 e. The normalized spacial score (nSPS) is 12.1. The van der Waals surface area contributed by atoms with Crippen LogP contribution in [0.25, 0.3) is 11.0 Å². The molecule has 0 fully saturated rings. The zero-order valence-corrected chi connectivity index (χ0v) is 11.8. The van der Waals surface area contributed by atoms with Gasteiger partial charge in [0.05, 0.1) is 16.8 Å². The molecule has 0 unspecified atom stereocenters. The molecule has 19 heavy (non-hydrogen) atoms. The molecular formula is C12H17N3O3S. The Morgan fingerprint density at radius 2 is 2.05 bits per heavy atom. The number of nitrogens with zero attached hydrogens (tertiary/aromatic N) is 1. The number of aromatic amines is 1. The predicted octanol–water partition coefficient (Wildman–Crippen LogP) is 1.20. The second-order valence-electron chi connectivity index (χ2n) is 4.59. The van der Waals surface area contributed by atoms with Gasteiger partial charge in [-0.3, -0.25) is 0 Å². The highest BCUT2D eigenvalue weighted by Crippen LogP contribution is 2.20. The first-order valence-corrected chi connectivity index (χ1v) is 7.72. The number of anilines is 1. The van der Waals surface area contributed by atoms with E-state index < -0.39 is 15.7 Å². The van der Waals surface area contributed by atoms with Crippen LogP contribution in [0.15, 0.2) is 16.9 Å². The molecule has 0 aliphatic heterocycles. The molecule has 7 heteroatoms. The van der Waals surface area contributed by atoms with E-state index in [4.69, 9.17) is 5.73 Å². The van der Waals surface area contributed by atoms with Crippen LogP contribution in [0.5, 0.6) is 0 Å². The standard InChI is InChI=1S/C12H17N3O3S/c1-3-4-5-19(17,18)15-11-6-8(2)9(13)7-10(11)14-12(15)16/h6-7H,3-5,13H2,1-2H3,(H,14,16). The Labute approximate surface area is 111 Å². The van der Waals surface area contributed by atoms with E-state index >= 15 is 0 Å². The predicted molar refractivity (Wildman–Crippen MR) is 75.8 cm³/mol. The van der Waals surface area contributed by atoms with E-state index in [-0.39, 0.29) is 5.75 Å². The largest absolute Gasteiger partial charge is 0.398 e. The van der Waals surface area contributed by atoms with Gasteiger partial charge in [0.1, 0.15) is 0 Å². The first-order valence-electron chi connectivity index (χ1n) is 6.11. The third-order valence-corrected chi connectivity index (χ3v) is 4.79. The average Bonchev–Trinajstić information content (AvgIpc) is 2.63. The Morgan fingerprint density at radius 1 is 1.37 bits per heavy atom. The van der Waals surface area contributed by atoms with E-state index in [9.17, 15) is 13.2 Å². The molecule has 3 N–H and O–H groups in total. The van der Waals surface area contributed by atoms with E-state index in [1.807, 2.05) is 6.92 Å². The summed E-state index contributed by atoms with van der Waals surface area (Å²) < 4.78 is 25.2. The van der Waals surface area contributed by atoms with Gasteiger partial charge < -0.3 is 10.7 Å². The van der Waals surface area contributed by atoms with E-state index in [2.05, 4.69) is 4.98 Å². The second-order valence-corrected chi connectivity index (χ2v) is 6.53. The summed E-state index contributed by atoms with van der Waals surface area (Å²) in [5, 5.41) is 0. The lowest BCUT2D eigenvalue weighted by molar-refractivity contribution is 0.583. The second kappa shape index (κ2) is 4.73. The highest BCUT2D eigenvalue weighted by Gasteiger charge is 2.20. The molecule has 0 bridgehead atoms. The lowest BCUT2D eigenvalue weighted by atomic mass is 10.2. The fourth-order valence-corrected chi connectivity index (χ4v) is 3.53. The number of aryl methyl sites for hydroxylation is 1. The lowest BCUT2D eigenvalue weighted by Gasteiger charge is -2.06. The third kappa shape index (κ3) is 2.37. The molecule has 0 aliphatic carbocycles. The van der Waals surface area contributed by atoms with Crippen LogP contribution in [0.4, 0.5) is 5.69 Å². The third-order valence-electron chi connectivity index (χ3n) is 3.06. The Hall–Kier alpha value is -1.76. The van der Waals surface area contributed by atoms with Crippen LogP contribution >= 0.6 is 0 Å². The first kappa shape index (κ1) is 13.7. The van der Waals surface area contributed by atoms with Gasteiger partial charge in [0.15, 0.2) is 0 Å². The molecule has 0 radical (unpaired) electrons. The van der Waals surface area contributed by atoms with Gasteiger partial charge in [-0.2, -0.15) is 3.97 Å². The molecular weight excluding hydrogens is 266 g/mol. The summed E-state index contributed by atoms with van der Waals surface area (Å²) >= 11 is 0. The minimum absolute atomic E-state index is 0.0419. The van der Waals surface area contributed by atoms with Crippen molar-refractivity contribution in [1.29, 1.82) is 0 Å². The number of fused-ring (bicyclic) bond motifs is 1. The molecule has 6 nitrogen and oxygen atoms in total. The van der Waals surface area contributed by atoms with Crippen molar-refractivity contribution in [3.05, 3.63) is 28.2 Å². The molecule has 2 aromatic rings. The Kier molecular flexibility index (Phi) is 3.40. The summed E-state index contributed by atoms with van der Waals surface area (Å²) in [6, 6.07) is 3.20. The maximum Gasteiger partial charge on any atom is 0.340 e. The number of unbranched alkanes of at least 4 members (excludes halogenated alkanes) is 1. The monoisotopic (exact) mass is 283 g/mol. The molecule has 1 aromatic heterocycles. The van der Waals surface area contributed by atoms with Crippen molar-refractivity contribution >= 4 is 26.7 Å². The van der Waals surface area contributed by atoms with Crippen LogP contribution in [0.1, 0.15) is 25.3 Å². The van der Waals surface area contributed by atoms with Crippen molar-refractivity contribution in [1.82, 2.24) is 8.96 Å². The number of H-pyrrole nitrogens is 1. The SMILES string of the molecule is CCCCS(=O)(=O)n1c(=O)[nH]c2cc(N)c(C)cc21. The van der Waals surface area contributed by atoms with Gasteiger partial charge in [0.25, 0.3) is 0 Å². The topological polar surface area (TPSA) is 98.0 Å². The van der Waals surface area contributed by atoms with Gasteiger partial charge in [0, 0.05) is 5.69 Å². The average molecular weight is 283 g/mol. The maximum atomic E-state index is 12.2. The lowest BCUT2D eigenvalue weighted by Crippen LogP contribution is -2.27. The highest BCUT2D eigenvalue weighted by atomic mass is 32.2. The van der Waals surface area contributed by atoms with Gasteiger partial charge in [-0.15, -0.1) is 0 Å². The summed E-state index contributed by atoms with van der Waals surface area (Å²) in [6.45, 7) is 3.67. The zero-order valence-electron chi connectivity index (χ0n) is 10.9. The van der Waals surface area contributed by atoms with Gasteiger partial charge in [0.2, 0.25) is 10.0 Å². The Balaban J connectivity index is 2.70. The Morgan fingerprint density at radius 3 is 2.68 bits per heavy atom. The molecule has 0 spiro atoms. The summed E-state index contributed by atoms with van der Waals surface area (Å²) in [5.41, 5.74) is 7.17. The van der Waals surface area contributed by atoms with E-state index in [1.165, 1.54) is 0 Å². The van der Waals surface area contributed by atoms with Crippen LogP contribution in [0, 0.1) is 6.92 Å². The van der Waals surface area contributed by atoms with Crippen LogP contribution in [0.2, 0.25) is 0 Å². The fourth-order valence-electron chi connectivity index (χ4n) is 1.95. The van der Waals surface area contributed by atoms with Crippen molar-refractivity contribution in [2.24, 2.45) is 0 Å². The van der Waals surface area contributed by atoms with Crippen LogP contribution in [0.3, 0.4) is 0 Å². The van der Waals surface area contributed by atoms with Gasteiger partial charge in [-0.05, 0) is 31.0 Å². The van der Waals surface area contributed by atoms with Gasteiger partial charge in [-0.1, -0.05) is 13.3 Å². The maximum absolute atomic E-state index is 12.2. The molecule has 0 atom stereocenters. The fraction of sp³-hybridized carbons (Fsp3) is 0.417. The summed E-state index contributed by atoms with van der Waals surface area (Å²) in [5.74, 6) is -0.0419. The Bertz CT molecular complexity index is 771. The molecule has 0 saturated heterocycles. The number of nitrogens with one attached hydrogen (secondary N) is 1. The molecule has 0 amide bonds. The van der Waals surface area contributed by atoms with Gasteiger partial charge in [-0.25, -0.2) is 13.2 Å². The van der Waals surface area contributed by atoms with Crippen LogP contribution in [-0.4, -0.2) is 23.1 Å². The van der Waals surface area contributed by atoms with E-state index in [0.29, 0.717) is 23.1 Å². The van der Waals surface area contributed by atoms with Gasteiger partial charge >= 0.3 is 5.69 Å². The first-order chi connectivity index (χ1) is 8.86. The van der Waals surface area contributed by atoms with Crippen molar-refractivity contribution in [2.45, 2.75) is 26.7 Å². The molecule has 0 saturated carbocycles. The molecule has 1 heterocycles. The number of rotatable bonds is 4. The van der Waals surface area contributed by atoms with E-state index in [0.717, 1.165) is 16.0 Å². The number of nitrogens with two attached hydrogens (primary N) is 1. The highest BCUT2D eigenvalue weighted by molar-refractivity contribution is 7.90. The van der Waals surface area contributed by atoms with Crippen LogP contribution in [-0.2, 0) is 10.0 Å². The van der Waals surface area contributed by atoms with E-state index in [1.54, 1.807) is 19.1 Å². The summed E-state index contributed by atoms with van der Waals surface area (Å²) in [7, 11) is -3.63. The van der Waals surface area contributed by atoms with Crippen molar-refractivity contribution < 1.29 is 8.42 Å². The summed E-state index contributed by atoms with van der Waals surface area (Å²) in [6.07, 6.45) is 1.28. The number of hydrogen-bond acceptors (Lipinski definition) is 4. The number of benzene rings is 1. The number of imidazole rings is 1. The van der Waals surface area contributed by atoms with Crippen molar-refractivity contribution in [3.63, 3.8) is 0 Å². The molecule has 1 aromatic carbocycles. The van der Waals surface area contributed by atoms with Crippen molar-refractivity contribution in [3.8, 4) is 0 Å². The summed E-state index contributed by atoms with van der Waals surface area (Å²) in [4.78, 5) is 14.4. The number of hydrogen-bond donors (Lipinski definition) is 2.